The molecule has 0 fully saturated rings. The van der Waals surface area contributed by atoms with Gasteiger partial charge in [-0.15, -0.1) is 11.6 Å². The number of halogens is 4. The zero-order valence-electron chi connectivity index (χ0n) is 4.78. The molecule has 1 atom stereocenters. The summed E-state index contributed by atoms with van der Waals surface area (Å²) in [7, 11) is 0. The topological polar surface area (TPSA) is 17.1 Å². The number of carbonyl (C=O) groups excluding carboxylic acids is 1. The largest absolute Gasteiger partial charge is 0.281 e. The van der Waals surface area contributed by atoms with Crippen LogP contribution in [0.25, 0.3) is 0 Å². The lowest BCUT2D eigenvalue weighted by atomic mass is 10.3. The van der Waals surface area contributed by atoms with Crippen molar-refractivity contribution >= 4 is 51.6 Å². The van der Waals surface area contributed by atoms with Gasteiger partial charge in [0.1, 0.15) is 4.49 Å². The second kappa shape index (κ2) is 5.25. The maximum Gasteiger partial charge on any atom is 0.223 e. The molecule has 0 amide bonds. The van der Waals surface area contributed by atoms with E-state index in [1.165, 1.54) is 6.08 Å². The molecule has 1 nitrogen and oxygen atoms in total. The molecule has 0 bridgehead atoms. The lowest BCUT2D eigenvalue weighted by molar-refractivity contribution is -0.111. The van der Waals surface area contributed by atoms with Gasteiger partial charge >= 0.3 is 0 Å². The zero-order chi connectivity index (χ0) is 8.15. The first-order chi connectivity index (χ1) is 4.52. The minimum atomic E-state index is -0.519. The molecular weight excluding hydrogens is 218 g/mol. The number of allylic oxidation sites excluding steroid dienone is 1. The highest BCUT2D eigenvalue weighted by molar-refractivity contribution is 6.64. The molecule has 0 radical (unpaired) electrons. The van der Waals surface area contributed by atoms with Crippen molar-refractivity contribution in [2.24, 2.45) is 0 Å². The molecule has 0 aliphatic carbocycles. The molecule has 0 N–H and O–H groups in total. The van der Waals surface area contributed by atoms with Gasteiger partial charge in [0.25, 0.3) is 0 Å². The third-order valence-corrected chi connectivity index (χ3v) is 1.35. The summed E-state index contributed by atoms with van der Waals surface area (Å²) in [5.74, 6) is 0. The summed E-state index contributed by atoms with van der Waals surface area (Å²) >= 11 is 21.0. The van der Waals surface area contributed by atoms with Crippen molar-refractivity contribution in [1.29, 1.82) is 0 Å². The Morgan fingerprint density at radius 2 is 1.90 bits per heavy atom. The summed E-state index contributed by atoms with van der Waals surface area (Å²) < 4.78 is 0.0397. The van der Waals surface area contributed by atoms with Crippen molar-refractivity contribution < 1.29 is 4.79 Å². The third-order valence-electron chi connectivity index (χ3n) is 0.662. The van der Waals surface area contributed by atoms with E-state index in [9.17, 15) is 4.79 Å². The van der Waals surface area contributed by atoms with Crippen LogP contribution < -0.4 is 0 Å². The van der Waals surface area contributed by atoms with E-state index in [1.54, 1.807) is 0 Å². The fourth-order valence-corrected chi connectivity index (χ4v) is 1.29. The van der Waals surface area contributed by atoms with Gasteiger partial charge in [-0.05, 0) is 17.7 Å². The monoisotopic (exact) mass is 220 g/mol. The second-order valence-corrected chi connectivity index (χ2v) is 3.52. The fourth-order valence-electron chi connectivity index (χ4n) is 0.349. The van der Waals surface area contributed by atoms with Crippen molar-refractivity contribution in [3.63, 3.8) is 0 Å². The minimum absolute atomic E-state index is 0.0338. The van der Waals surface area contributed by atoms with Gasteiger partial charge in [0.05, 0.1) is 5.38 Å². The summed E-state index contributed by atoms with van der Waals surface area (Å²) in [6.45, 7) is 0. The number of hydrogen-bond acceptors (Lipinski definition) is 1. The van der Waals surface area contributed by atoms with E-state index in [4.69, 9.17) is 46.4 Å². The predicted octanol–water partition coefficient (Wildman–Crippen LogP) is 3.07. The molecule has 1 unspecified atom stereocenters. The summed E-state index contributed by atoms with van der Waals surface area (Å²) in [5, 5.41) is -1.03. The number of hydrogen-bond donors (Lipinski definition) is 0. The Morgan fingerprint density at radius 1 is 1.40 bits per heavy atom. The molecule has 0 aliphatic rings. The molecule has 0 rings (SSSR count). The van der Waals surface area contributed by atoms with E-state index in [0.29, 0.717) is 0 Å². The Balaban J connectivity index is 3.75. The lowest BCUT2D eigenvalue weighted by Crippen LogP contribution is -1.98. The Bertz CT molecular complexity index is 150. The van der Waals surface area contributed by atoms with Gasteiger partial charge in [0.15, 0.2) is 0 Å². The zero-order valence-corrected chi connectivity index (χ0v) is 7.81. The van der Waals surface area contributed by atoms with Gasteiger partial charge in [0, 0.05) is 6.42 Å². The Labute approximate surface area is 78.9 Å². The number of alkyl halides is 1. The molecule has 0 aliphatic heterocycles. The molecule has 5 heteroatoms. The highest BCUT2D eigenvalue weighted by Crippen LogP contribution is 2.14. The van der Waals surface area contributed by atoms with Gasteiger partial charge in [-0.2, -0.15) is 0 Å². The molecular formula is C5H4Cl4O. The van der Waals surface area contributed by atoms with E-state index in [1.807, 2.05) is 0 Å². The maximum absolute atomic E-state index is 10.2. The molecule has 0 spiro atoms. The van der Waals surface area contributed by atoms with Crippen LogP contribution in [0.5, 0.6) is 0 Å². The van der Waals surface area contributed by atoms with Crippen molar-refractivity contribution in [2.45, 2.75) is 11.8 Å². The van der Waals surface area contributed by atoms with Gasteiger partial charge in [-0.3, -0.25) is 4.79 Å². The van der Waals surface area contributed by atoms with E-state index < -0.39 is 10.6 Å². The average Bonchev–Trinajstić information content (AvgIpc) is 1.58. The minimum Gasteiger partial charge on any atom is -0.281 e. The molecule has 0 aromatic heterocycles. The SMILES string of the molecule is O=C(Cl)CC(Cl)C=C(Cl)Cl. The molecule has 0 saturated carbocycles. The first kappa shape index (κ1) is 10.6. The van der Waals surface area contributed by atoms with Crippen LogP contribution in [-0.2, 0) is 4.79 Å². The van der Waals surface area contributed by atoms with Crippen LogP contribution in [0.15, 0.2) is 10.6 Å². The van der Waals surface area contributed by atoms with Crippen molar-refractivity contribution in [3.8, 4) is 0 Å². The smallest absolute Gasteiger partial charge is 0.223 e. The molecule has 0 saturated heterocycles. The van der Waals surface area contributed by atoms with Crippen LogP contribution in [0.3, 0.4) is 0 Å². The summed E-state index contributed by atoms with van der Waals surface area (Å²) in [4.78, 5) is 10.2. The summed E-state index contributed by atoms with van der Waals surface area (Å²) in [6.07, 6.45) is 1.37. The number of carbonyl (C=O) groups is 1. The Hall–Kier alpha value is 0.570. The summed E-state index contributed by atoms with van der Waals surface area (Å²) in [5.41, 5.74) is 0. The first-order valence-electron chi connectivity index (χ1n) is 2.37. The van der Waals surface area contributed by atoms with Crippen LogP contribution in [0.2, 0.25) is 0 Å². The van der Waals surface area contributed by atoms with Gasteiger partial charge in [0.2, 0.25) is 5.24 Å². The number of rotatable bonds is 3. The third kappa shape index (κ3) is 6.69. The maximum atomic E-state index is 10.2. The molecule has 0 aromatic carbocycles. The molecule has 10 heavy (non-hydrogen) atoms. The standard InChI is InChI=1S/C5H4Cl4O/c6-3(1-4(7)8)2-5(9)10/h1,3H,2H2. The van der Waals surface area contributed by atoms with E-state index in [2.05, 4.69) is 0 Å². The quantitative estimate of drug-likeness (QED) is 0.529. The average molecular weight is 222 g/mol. The highest BCUT2D eigenvalue weighted by atomic mass is 35.5. The van der Waals surface area contributed by atoms with Crippen LogP contribution in [0, 0.1) is 0 Å². The lowest BCUT2D eigenvalue weighted by Gasteiger charge is -1.96. The highest BCUT2D eigenvalue weighted by Gasteiger charge is 2.05. The molecule has 0 aromatic rings. The first-order valence-corrected chi connectivity index (χ1v) is 3.94. The van der Waals surface area contributed by atoms with E-state index >= 15 is 0 Å². The van der Waals surface area contributed by atoms with Crippen LogP contribution in [0.1, 0.15) is 6.42 Å². The molecule has 0 heterocycles. The molecule has 58 valence electrons. The predicted molar refractivity (Wildman–Crippen MR) is 44.9 cm³/mol. The van der Waals surface area contributed by atoms with E-state index in [-0.39, 0.29) is 10.9 Å². The van der Waals surface area contributed by atoms with Crippen molar-refractivity contribution in [3.05, 3.63) is 10.6 Å². The van der Waals surface area contributed by atoms with E-state index in [0.717, 1.165) is 0 Å². The van der Waals surface area contributed by atoms with Crippen LogP contribution in [0.4, 0.5) is 0 Å². The Kier molecular flexibility index (Phi) is 5.55. The second-order valence-electron chi connectivity index (χ2n) is 1.53. The fraction of sp³-hybridized carbons (Fsp3) is 0.400. The van der Waals surface area contributed by atoms with Crippen LogP contribution in [-0.4, -0.2) is 10.6 Å². The van der Waals surface area contributed by atoms with Gasteiger partial charge < -0.3 is 0 Å². The van der Waals surface area contributed by atoms with Gasteiger partial charge in [-0.25, -0.2) is 0 Å². The van der Waals surface area contributed by atoms with Gasteiger partial charge in [-0.1, -0.05) is 23.2 Å². The van der Waals surface area contributed by atoms with Crippen molar-refractivity contribution in [1.82, 2.24) is 0 Å². The van der Waals surface area contributed by atoms with Crippen LogP contribution >= 0.6 is 46.4 Å². The van der Waals surface area contributed by atoms with Crippen molar-refractivity contribution in [2.75, 3.05) is 0 Å². The Morgan fingerprint density at radius 3 is 2.20 bits per heavy atom. The summed E-state index contributed by atoms with van der Waals surface area (Å²) in [6, 6.07) is 0. The normalized spacial score (nSPS) is 12.4.